The second-order valence-corrected chi connectivity index (χ2v) is 7.77. The zero-order valence-corrected chi connectivity index (χ0v) is 18.5. The van der Waals surface area contributed by atoms with Crippen LogP contribution in [0.15, 0.2) is 65.0 Å². The summed E-state index contributed by atoms with van der Waals surface area (Å²) in [5.41, 5.74) is 2.71. The number of nitrogens with zero attached hydrogens (tertiary/aromatic N) is 3. The number of allylic oxidation sites excluding steroid dienone is 1. The average Bonchev–Trinajstić information content (AvgIpc) is 3.26. The summed E-state index contributed by atoms with van der Waals surface area (Å²) in [7, 11) is 3.13. The van der Waals surface area contributed by atoms with Gasteiger partial charge in [-0.1, -0.05) is 12.1 Å². The number of aromatic nitrogens is 3. The number of carbonyl (C=O) groups excluding carboxylic acids is 1. The number of hydrogen-bond acceptors (Lipinski definition) is 7. The minimum Gasteiger partial charge on any atom is -0.497 e. The van der Waals surface area contributed by atoms with Crippen molar-refractivity contribution >= 4 is 29.3 Å². The summed E-state index contributed by atoms with van der Waals surface area (Å²) in [6.07, 6.45) is 3.50. The lowest BCUT2D eigenvalue weighted by Gasteiger charge is -2.29. The molecular formula is C22H23N5O3S. The van der Waals surface area contributed by atoms with Gasteiger partial charge in [0.2, 0.25) is 5.95 Å². The van der Waals surface area contributed by atoms with Gasteiger partial charge < -0.3 is 20.1 Å². The van der Waals surface area contributed by atoms with E-state index in [1.165, 1.54) is 6.33 Å². The third-order valence-electron chi connectivity index (χ3n) is 5.13. The summed E-state index contributed by atoms with van der Waals surface area (Å²) >= 11 is 1.66. The van der Waals surface area contributed by atoms with Gasteiger partial charge >= 0.3 is 0 Å². The molecule has 2 N–H and O–H groups in total. The zero-order chi connectivity index (χ0) is 22.0. The molecule has 0 bridgehead atoms. The van der Waals surface area contributed by atoms with Crippen molar-refractivity contribution in [2.24, 2.45) is 0 Å². The van der Waals surface area contributed by atoms with Gasteiger partial charge in [-0.15, -0.1) is 11.8 Å². The Morgan fingerprint density at radius 3 is 2.61 bits per heavy atom. The van der Waals surface area contributed by atoms with Crippen LogP contribution in [0.25, 0.3) is 0 Å². The number of anilines is 2. The van der Waals surface area contributed by atoms with Gasteiger partial charge in [0.1, 0.15) is 23.9 Å². The van der Waals surface area contributed by atoms with Crippen molar-refractivity contribution in [1.82, 2.24) is 14.8 Å². The Bertz CT molecular complexity index is 1140. The Morgan fingerprint density at radius 2 is 1.94 bits per heavy atom. The Morgan fingerprint density at radius 1 is 1.16 bits per heavy atom. The lowest BCUT2D eigenvalue weighted by Crippen LogP contribution is -2.31. The van der Waals surface area contributed by atoms with Crippen LogP contribution in [0.4, 0.5) is 11.6 Å². The molecule has 0 fully saturated rings. The molecule has 0 radical (unpaired) electrons. The van der Waals surface area contributed by atoms with Crippen LogP contribution >= 0.6 is 11.8 Å². The van der Waals surface area contributed by atoms with Crippen LogP contribution in [-0.4, -0.2) is 41.1 Å². The third-order valence-corrected chi connectivity index (χ3v) is 5.87. The van der Waals surface area contributed by atoms with Gasteiger partial charge in [0.25, 0.3) is 5.91 Å². The molecule has 1 amide bonds. The molecule has 0 spiro atoms. The Hall–Kier alpha value is -3.46. The number of benzene rings is 2. The number of methoxy groups -OCH3 is 2. The van der Waals surface area contributed by atoms with E-state index >= 15 is 0 Å². The molecule has 160 valence electrons. The summed E-state index contributed by atoms with van der Waals surface area (Å²) < 4.78 is 12.4. The quantitative estimate of drug-likeness (QED) is 0.565. The minimum absolute atomic E-state index is 0.267. The van der Waals surface area contributed by atoms with Crippen molar-refractivity contribution < 1.29 is 14.3 Å². The van der Waals surface area contributed by atoms with Crippen molar-refractivity contribution in [2.75, 3.05) is 31.1 Å². The van der Waals surface area contributed by atoms with Gasteiger partial charge in [-0.2, -0.15) is 10.1 Å². The maximum atomic E-state index is 13.5. The van der Waals surface area contributed by atoms with E-state index in [4.69, 9.17) is 9.47 Å². The van der Waals surface area contributed by atoms with E-state index in [0.29, 0.717) is 34.4 Å². The van der Waals surface area contributed by atoms with E-state index in [2.05, 4.69) is 20.7 Å². The molecule has 0 saturated heterocycles. The number of ether oxygens (including phenoxy) is 2. The number of fused-ring (bicyclic) bond motifs is 1. The van der Waals surface area contributed by atoms with Crippen molar-refractivity contribution in [3.8, 4) is 11.5 Å². The molecule has 1 aliphatic rings. The topological polar surface area (TPSA) is 90.3 Å². The lowest BCUT2D eigenvalue weighted by atomic mass is 9.95. The number of rotatable bonds is 6. The Labute approximate surface area is 184 Å². The number of nitrogens with one attached hydrogen (secondary N) is 2. The maximum Gasteiger partial charge on any atom is 0.255 e. The highest BCUT2D eigenvalue weighted by Crippen LogP contribution is 2.37. The fourth-order valence-corrected chi connectivity index (χ4v) is 3.99. The summed E-state index contributed by atoms with van der Waals surface area (Å²) in [5, 5.41) is 10.5. The Kier molecular flexibility index (Phi) is 5.85. The molecule has 31 heavy (non-hydrogen) atoms. The van der Waals surface area contributed by atoms with Crippen LogP contribution in [0.3, 0.4) is 0 Å². The van der Waals surface area contributed by atoms with Crippen LogP contribution in [-0.2, 0) is 4.79 Å². The van der Waals surface area contributed by atoms with Crippen molar-refractivity contribution in [1.29, 1.82) is 0 Å². The first-order valence-corrected chi connectivity index (χ1v) is 10.8. The molecule has 1 aliphatic heterocycles. The first kappa shape index (κ1) is 20.8. The van der Waals surface area contributed by atoms with Crippen LogP contribution in [0.5, 0.6) is 11.5 Å². The normalized spacial score (nSPS) is 15.2. The summed E-state index contributed by atoms with van der Waals surface area (Å²) in [5.74, 6) is 1.48. The molecular weight excluding hydrogens is 414 g/mol. The zero-order valence-electron chi connectivity index (χ0n) is 17.7. The molecule has 1 unspecified atom stereocenters. The molecule has 9 heteroatoms. The van der Waals surface area contributed by atoms with E-state index in [1.54, 1.807) is 48.9 Å². The molecule has 4 rings (SSSR count). The maximum absolute atomic E-state index is 13.5. The van der Waals surface area contributed by atoms with Crippen molar-refractivity contribution in [3.05, 3.63) is 65.6 Å². The molecule has 1 aromatic heterocycles. The predicted octanol–water partition coefficient (Wildman–Crippen LogP) is 3.94. The molecule has 2 aromatic carbocycles. The highest BCUT2D eigenvalue weighted by atomic mass is 32.2. The van der Waals surface area contributed by atoms with E-state index in [0.717, 1.165) is 10.5 Å². The van der Waals surface area contributed by atoms with Crippen molar-refractivity contribution in [3.63, 3.8) is 0 Å². The van der Waals surface area contributed by atoms with E-state index in [-0.39, 0.29) is 5.91 Å². The molecule has 0 aliphatic carbocycles. The number of carbonyl (C=O) groups is 1. The summed E-state index contributed by atoms with van der Waals surface area (Å²) in [4.78, 5) is 18.9. The van der Waals surface area contributed by atoms with Crippen LogP contribution in [0.2, 0.25) is 0 Å². The van der Waals surface area contributed by atoms with Crippen LogP contribution < -0.4 is 20.1 Å². The highest BCUT2D eigenvalue weighted by Gasteiger charge is 2.33. The van der Waals surface area contributed by atoms with E-state index in [1.807, 2.05) is 37.4 Å². The second-order valence-electron chi connectivity index (χ2n) is 6.89. The lowest BCUT2D eigenvalue weighted by molar-refractivity contribution is -0.113. The second kappa shape index (κ2) is 8.73. The number of hydrogen-bond donors (Lipinski definition) is 2. The Balaban J connectivity index is 1.75. The summed E-state index contributed by atoms with van der Waals surface area (Å²) in [6.45, 7) is 1.86. The van der Waals surface area contributed by atoms with Gasteiger partial charge in [-0.25, -0.2) is 4.68 Å². The van der Waals surface area contributed by atoms with Gasteiger partial charge in [-0.05, 0) is 43.0 Å². The molecule has 8 nitrogen and oxygen atoms in total. The smallest absolute Gasteiger partial charge is 0.255 e. The number of amides is 1. The van der Waals surface area contributed by atoms with Crippen LogP contribution in [0.1, 0.15) is 18.5 Å². The fraction of sp³-hybridized carbons (Fsp3) is 0.227. The molecule has 2 heterocycles. The van der Waals surface area contributed by atoms with Gasteiger partial charge in [0.15, 0.2) is 0 Å². The first-order chi connectivity index (χ1) is 15.0. The largest absolute Gasteiger partial charge is 0.497 e. The molecule has 1 atom stereocenters. The van der Waals surface area contributed by atoms with Crippen LogP contribution in [0, 0.1) is 0 Å². The highest BCUT2D eigenvalue weighted by molar-refractivity contribution is 7.98. The number of thioether (sulfide) groups is 1. The van der Waals surface area contributed by atoms with Crippen molar-refractivity contribution in [2.45, 2.75) is 17.9 Å². The molecule has 0 saturated carbocycles. The monoisotopic (exact) mass is 437 g/mol. The van der Waals surface area contributed by atoms with E-state index in [9.17, 15) is 4.79 Å². The SMILES string of the molecule is COc1ccc(OC)c(NC(=O)C2=C(C)Nc3ncnn3C2c2ccc(SC)cc2)c1. The van der Waals surface area contributed by atoms with E-state index < -0.39 is 6.04 Å². The van der Waals surface area contributed by atoms with Gasteiger partial charge in [0, 0.05) is 16.7 Å². The average molecular weight is 438 g/mol. The van der Waals surface area contributed by atoms with Gasteiger partial charge in [-0.3, -0.25) is 4.79 Å². The third kappa shape index (κ3) is 3.96. The standard InChI is InChI=1S/C22H23N5O3S/c1-13-19(21(28)26-17-11-15(29-2)7-10-18(17)30-3)20(27-22(25-13)23-12-24-27)14-5-8-16(31-4)9-6-14/h5-12,20H,1-4H3,(H,26,28)(H,23,24,25). The van der Waals surface area contributed by atoms with Gasteiger partial charge in [0.05, 0.1) is 25.5 Å². The first-order valence-electron chi connectivity index (χ1n) is 9.60. The fourth-order valence-electron chi connectivity index (χ4n) is 3.58. The predicted molar refractivity (Wildman–Crippen MR) is 121 cm³/mol. The molecule has 3 aromatic rings. The minimum atomic E-state index is -0.425. The summed E-state index contributed by atoms with van der Waals surface area (Å²) in [6, 6.07) is 12.9.